The first-order chi connectivity index (χ1) is 7.81. The van der Waals surface area contributed by atoms with E-state index in [1.807, 2.05) is 0 Å². The van der Waals surface area contributed by atoms with Gasteiger partial charge in [0.2, 0.25) is 5.95 Å². The maximum absolute atomic E-state index is 5.80. The number of halogens is 2. The van der Waals surface area contributed by atoms with Crippen molar-refractivity contribution in [1.82, 2.24) is 9.97 Å². The number of hydrogen-bond donors (Lipinski definition) is 0. The molecule has 0 unspecified atom stereocenters. The van der Waals surface area contributed by atoms with Gasteiger partial charge in [-0.2, -0.15) is 0 Å². The highest BCUT2D eigenvalue weighted by Crippen LogP contribution is 2.27. The summed E-state index contributed by atoms with van der Waals surface area (Å²) in [4.78, 5) is 10.9. The fourth-order valence-electron chi connectivity index (χ4n) is 1.83. The van der Waals surface area contributed by atoms with E-state index in [-0.39, 0.29) is 0 Å². The van der Waals surface area contributed by atoms with Crippen LogP contribution in [0, 0.1) is 0 Å². The molecule has 0 aromatic carbocycles. The van der Waals surface area contributed by atoms with E-state index in [2.05, 4.69) is 30.8 Å². The molecular weight excluding hydrogens is 289 g/mol. The number of hydrogen-bond acceptors (Lipinski definition) is 3. The first kappa shape index (κ1) is 12.1. The normalized spacial score (nSPS) is 15.9. The predicted octanol–water partition coefficient (Wildman–Crippen LogP) is 3.27. The van der Waals surface area contributed by atoms with Crippen LogP contribution >= 0.6 is 27.5 Å². The molecule has 0 N–H and O–H groups in total. The predicted molar refractivity (Wildman–Crippen MR) is 70.4 cm³/mol. The van der Waals surface area contributed by atoms with Crippen LogP contribution in [0.5, 0.6) is 0 Å². The second-order valence-electron chi connectivity index (χ2n) is 4.02. The minimum atomic E-state index is 0.595. The summed E-state index contributed by atoms with van der Waals surface area (Å²) in [6, 6.07) is 0.625. The van der Waals surface area contributed by atoms with E-state index in [1.165, 1.54) is 19.3 Å². The quantitative estimate of drug-likeness (QED) is 0.782. The summed E-state index contributed by atoms with van der Waals surface area (Å²) in [5.41, 5.74) is 0. The van der Waals surface area contributed by atoms with Crippen LogP contribution in [0.25, 0.3) is 0 Å². The van der Waals surface area contributed by atoms with Crippen LogP contribution in [-0.2, 0) is 0 Å². The smallest absolute Gasteiger partial charge is 0.225 e. The van der Waals surface area contributed by atoms with E-state index >= 15 is 0 Å². The van der Waals surface area contributed by atoms with E-state index in [1.54, 1.807) is 12.4 Å². The Morgan fingerprint density at radius 2 is 2.06 bits per heavy atom. The second kappa shape index (κ2) is 5.82. The molecule has 0 aliphatic heterocycles. The minimum Gasteiger partial charge on any atom is -0.338 e. The summed E-state index contributed by atoms with van der Waals surface area (Å²) in [6.07, 6.45) is 8.29. The van der Waals surface area contributed by atoms with Crippen molar-refractivity contribution in [3.63, 3.8) is 0 Å². The lowest BCUT2D eigenvalue weighted by Gasteiger charge is -2.37. The van der Waals surface area contributed by atoms with Crippen LogP contribution in [0.2, 0.25) is 5.02 Å². The third-order valence-corrected chi connectivity index (χ3v) is 3.67. The van der Waals surface area contributed by atoms with Crippen molar-refractivity contribution in [2.45, 2.75) is 31.7 Å². The Kier molecular flexibility index (Phi) is 4.41. The van der Waals surface area contributed by atoms with Crippen molar-refractivity contribution in [1.29, 1.82) is 0 Å². The molecule has 1 fully saturated rings. The summed E-state index contributed by atoms with van der Waals surface area (Å²) in [5.74, 6) is 0.815. The SMILES string of the molecule is Clc1cnc(N(CCCBr)C2CCC2)nc1. The van der Waals surface area contributed by atoms with E-state index < -0.39 is 0 Å². The third kappa shape index (κ3) is 2.86. The number of alkyl halides is 1. The molecule has 1 aliphatic carbocycles. The average Bonchev–Trinajstić information content (AvgIpc) is 2.23. The van der Waals surface area contributed by atoms with Crippen molar-refractivity contribution in [2.24, 2.45) is 0 Å². The van der Waals surface area contributed by atoms with Crippen molar-refractivity contribution in [3.8, 4) is 0 Å². The molecule has 0 saturated heterocycles. The van der Waals surface area contributed by atoms with Gasteiger partial charge in [-0.25, -0.2) is 9.97 Å². The molecule has 1 aliphatic rings. The van der Waals surface area contributed by atoms with Gasteiger partial charge in [0.1, 0.15) is 0 Å². The van der Waals surface area contributed by atoms with E-state index in [4.69, 9.17) is 11.6 Å². The van der Waals surface area contributed by atoms with Gasteiger partial charge in [-0.1, -0.05) is 27.5 Å². The molecule has 1 aromatic rings. The number of aromatic nitrogens is 2. The van der Waals surface area contributed by atoms with Gasteiger partial charge in [0.25, 0.3) is 0 Å². The lowest BCUT2D eigenvalue weighted by Crippen LogP contribution is -2.42. The summed E-state index contributed by atoms with van der Waals surface area (Å²) in [5, 5.41) is 1.61. The maximum atomic E-state index is 5.80. The minimum absolute atomic E-state index is 0.595. The molecule has 0 spiro atoms. The van der Waals surface area contributed by atoms with Crippen molar-refractivity contribution in [3.05, 3.63) is 17.4 Å². The topological polar surface area (TPSA) is 29.0 Å². The van der Waals surface area contributed by atoms with Crippen LogP contribution < -0.4 is 4.90 Å². The summed E-state index contributed by atoms with van der Waals surface area (Å²) >= 11 is 9.26. The Morgan fingerprint density at radius 3 is 2.56 bits per heavy atom. The second-order valence-corrected chi connectivity index (χ2v) is 5.25. The van der Waals surface area contributed by atoms with Crippen molar-refractivity contribution < 1.29 is 0 Å². The Balaban J connectivity index is 2.07. The summed E-state index contributed by atoms with van der Waals surface area (Å²) in [6.45, 7) is 1.01. The standard InChI is InChI=1S/C11H15BrClN3/c12-5-2-6-16(10-3-1-4-10)11-14-7-9(13)8-15-11/h7-8,10H,1-6H2. The average molecular weight is 305 g/mol. The highest BCUT2D eigenvalue weighted by molar-refractivity contribution is 9.09. The number of anilines is 1. The third-order valence-electron chi connectivity index (χ3n) is 2.91. The van der Waals surface area contributed by atoms with Gasteiger partial charge in [-0.05, 0) is 25.7 Å². The van der Waals surface area contributed by atoms with Crippen LogP contribution in [-0.4, -0.2) is 27.9 Å². The number of nitrogens with zero attached hydrogens (tertiary/aromatic N) is 3. The van der Waals surface area contributed by atoms with Gasteiger partial charge < -0.3 is 4.90 Å². The van der Waals surface area contributed by atoms with Gasteiger partial charge in [0.05, 0.1) is 17.4 Å². The van der Waals surface area contributed by atoms with Gasteiger partial charge in [-0.3, -0.25) is 0 Å². The molecule has 0 radical (unpaired) electrons. The Morgan fingerprint density at radius 1 is 1.38 bits per heavy atom. The van der Waals surface area contributed by atoms with Crippen molar-refractivity contribution >= 4 is 33.5 Å². The first-order valence-electron chi connectivity index (χ1n) is 5.61. The molecule has 1 aromatic heterocycles. The first-order valence-corrected chi connectivity index (χ1v) is 7.11. The molecule has 2 rings (SSSR count). The van der Waals surface area contributed by atoms with E-state index in [9.17, 15) is 0 Å². The molecule has 1 heterocycles. The Bertz CT molecular complexity index is 327. The van der Waals surface area contributed by atoms with Crippen molar-refractivity contribution in [2.75, 3.05) is 16.8 Å². The fourth-order valence-corrected chi connectivity index (χ4v) is 2.18. The van der Waals surface area contributed by atoms with Gasteiger partial charge in [-0.15, -0.1) is 0 Å². The molecule has 16 heavy (non-hydrogen) atoms. The lowest BCUT2D eigenvalue weighted by atomic mass is 9.91. The molecule has 3 nitrogen and oxygen atoms in total. The molecule has 0 atom stereocenters. The largest absolute Gasteiger partial charge is 0.338 e. The molecular formula is C11H15BrClN3. The fraction of sp³-hybridized carbons (Fsp3) is 0.636. The molecule has 0 bridgehead atoms. The highest BCUT2D eigenvalue weighted by atomic mass is 79.9. The van der Waals surface area contributed by atoms with Crippen LogP contribution in [0.1, 0.15) is 25.7 Å². The Labute approximate surface area is 109 Å². The lowest BCUT2D eigenvalue weighted by molar-refractivity contribution is 0.382. The number of rotatable bonds is 5. The van der Waals surface area contributed by atoms with Crippen LogP contribution in [0.4, 0.5) is 5.95 Å². The zero-order valence-corrected chi connectivity index (χ0v) is 11.4. The summed E-state index contributed by atoms with van der Waals surface area (Å²) < 4.78 is 0. The molecule has 1 saturated carbocycles. The van der Waals surface area contributed by atoms with E-state index in [0.29, 0.717) is 11.1 Å². The van der Waals surface area contributed by atoms with Crippen LogP contribution in [0.3, 0.4) is 0 Å². The highest BCUT2D eigenvalue weighted by Gasteiger charge is 2.26. The maximum Gasteiger partial charge on any atom is 0.225 e. The van der Waals surface area contributed by atoms with Gasteiger partial charge in [0.15, 0.2) is 0 Å². The molecule has 0 amide bonds. The molecule has 88 valence electrons. The van der Waals surface area contributed by atoms with Gasteiger partial charge >= 0.3 is 0 Å². The summed E-state index contributed by atoms with van der Waals surface area (Å²) in [7, 11) is 0. The Hall–Kier alpha value is -0.350. The van der Waals surface area contributed by atoms with E-state index in [0.717, 1.165) is 24.2 Å². The zero-order valence-electron chi connectivity index (χ0n) is 9.07. The monoisotopic (exact) mass is 303 g/mol. The van der Waals surface area contributed by atoms with Gasteiger partial charge in [0, 0.05) is 17.9 Å². The molecule has 5 heteroatoms. The zero-order chi connectivity index (χ0) is 11.4. The van der Waals surface area contributed by atoms with Crippen LogP contribution in [0.15, 0.2) is 12.4 Å².